The fourth-order valence-electron chi connectivity index (χ4n) is 1.81. The predicted molar refractivity (Wildman–Crippen MR) is 73.4 cm³/mol. The van der Waals surface area contributed by atoms with Crippen molar-refractivity contribution in [3.8, 4) is 0 Å². The number of carbonyl (C=O) groups excluding carboxylic acids is 1. The van der Waals surface area contributed by atoms with Crippen LogP contribution in [0, 0.1) is 0 Å². The van der Waals surface area contributed by atoms with Crippen molar-refractivity contribution in [3.63, 3.8) is 0 Å². The number of hydrogen-bond donors (Lipinski definition) is 1. The van der Waals surface area contributed by atoms with Crippen LogP contribution < -0.4 is 5.32 Å². The fraction of sp³-hybridized carbons (Fsp3) is 0.900. The van der Waals surface area contributed by atoms with Gasteiger partial charge in [-0.3, -0.25) is 4.79 Å². The van der Waals surface area contributed by atoms with E-state index < -0.39 is 10.0 Å². The SMILES string of the molecule is CCS(=O)(=O)N(C)CC(=O)N1CCNCC1C.Cl. The largest absolute Gasteiger partial charge is 0.336 e. The lowest BCUT2D eigenvalue weighted by molar-refractivity contribution is -0.133. The van der Waals surface area contributed by atoms with Crippen molar-refractivity contribution >= 4 is 28.3 Å². The molecule has 8 heteroatoms. The summed E-state index contributed by atoms with van der Waals surface area (Å²) < 4.78 is 24.2. The second-order valence-corrected chi connectivity index (χ2v) is 6.66. The van der Waals surface area contributed by atoms with Crippen LogP contribution >= 0.6 is 12.4 Å². The van der Waals surface area contributed by atoms with E-state index in [1.165, 1.54) is 7.05 Å². The first-order chi connectivity index (χ1) is 7.88. The van der Waals surface area contributed by atoms with Gasteiger partial charge < -0.3 is 10.2 Å². The van der Waals surface area contributed by atoms with Crippen molar-refractivity contribution in [2.45, 2.75) is 19.9 Å². The highest BCUT2D eigenvalue weighted by Gasteiger charge is 2.26. The van der Waals surface area contributed by atoms with Gasteiger partial charge in [0.15, 0.2) is 0 Å². The Labute approximate surface area is 115 Å². The molecule has 0 aliphatic carbocycles. The summed E-state index contributed by atoms with van der Waals surface area (Å²) in [6, 6.07) is 0.119. The first-order valence-electron chi connectivity index (χ1n) is 5.82. The number of sulfonamides is 1. The predicted octanol–water partition coefficient (Wildman–Crippen LogP) is -0.490. The molecule has 6 nitrogen and oxygen atoms in total. The standard InChI is InChI=1S/C10H21N3O3S.ClH/c1-4-17(15,16)12(3)8-10(14)13-6-5-11-7-9(13)2;/h9,11H,4-8H2,1-3H3;1H. The van der Waals surface area contributed by atoms with E-state index in [1.807, 2.05) is 6.92 Å². The van der Waals surface area contributed by atoms with Crippen LogP contribution in [0.1, 0.15) is 13.8 Å². The molecule has 0 aromatic carbocycles. The minimum absolute atomic E-state index is 0. The zero-order valence-corrected chi connectivity index (χ0v) is 12.7. The Balaban J connectivity index is 0.00000289. The van der Waals surface area contributed by atoms with E-state index >= 15 is 0 Å². The lowest BCUT2D eigenvalue weighted by atomic mass is 10.2. The lowest BCUT2D eigenvalue weighted by Gasteiger charge is -2.34. The molecule has 0 bridgehead atoms. The quantitative estimate of drug-likeness (QED) is 0.760. The van der Waals surface area contributed by atoms with E-state index in [4.69, 9.17) is 0 Å². The van der Waals surface area contributed by atoms with Gasteiger partial charge in [0.05, 0.1) is 12.3 Å². The van der Waals surface area contributed by atoms with Gasteiger partial charge in [-0.15, -0.1) is 12.4 Å². The Morgan fingerprint density at radius 2 is 2.11 bits per heavy atom. The summed E-state index contributed by atoms with van der Waals surface area (Å²) in [7, 11) is -1.83. The Bertz CT molecular complexity index is 375. The van der Waals surface area contributed by atoms with Crippen LogP contribution in [0.5, 0.6) is 0 Å². The number of rotatable bonds is 4. The molecule has 1 rings (SSSR count). The maximum absolute atomic E-state index is 12.0. The number of amides is 1. The van der Waals surface area contributed by atoms with E-state index in [0.717, 1.165) is 17.4 Å². The molecule has 18 heavy (non-hydrogen) atoms. The van der Waals surface area contributed by atoms with Gasteiger partial charge in [-0.25, -0.2) is 8.42 Å². The molecule has 0 aromatic heterocycles. The van der Waals surface area contributed by atoms with Gasteiger partial charge in [0.1, 0.15) is 0 Å². The highest BCUT2D eigenvalue weighted by molar-refractivity contribution is 7.89. The van der Waals surface area contributed by atoms with Crippen LogP contribution in [0.4, 0.5) is 0 Å². The second-order valence-electron chi connectivity index (χ2n) is 4.30. The van der Waals surface area contributed by atoms with Gasteiger partial charge in [-0.1, -0.05) is 0 Å². The van der Waals surface area contributed by atoms with Crippen LogP contribution in [0.2, 0.25) is 0 Å². The number of hydrogen-bond acceptors (Lipinski definition) is 4. The Kier molecular flexibility index (Phi) is 7.13. The molecule has 1 heterocycles. The van der Waals surface area contributed by atoms with Crippen LogP contribution in [0.25, 0.3) is 0 Å². The summed E-state index contributed by atoms with van der Waals surface area (Å²) >= 11 is 0. The molecule has 0 radical (unpaired) electrons. The number of piperazine rings is 1. The monoisotopic (exact) mass is 299 g/mol. The van der Waals surface area contributed by atoms with Crippen molar-refractivity contribution < 1.29 is 13.2 Å². The number of nitrogens with zero attached hydrogens (tertiary/aromatic N) is 2. The molecular formula is C10H22ClN3O3S. The highest BCUT2D eigenvalue weighted by Crippen LogP contribution is 2.05. The Morgan fingerprint density at radius 1 is 1.50 bits per heavy atom. The molecule has 1 fully saturated rings. The molecule has 1 N–H and O–H groups in total. The third kappa shape index (κ3) is 4.38. The lowest BCUT2D eigenvalue weighted by Crippen LogP contribution is -2.54. The van der Waals surface area contributed by atoms with Crippen LogP contribution in [-0.4, -0.2) is 68.6 Å². The number of likely N-dealkylation sites (N-methyl/N-ethyl adjacent to an activating group) is 1. The van der Waals surface area contributed by atoms with Crippen molar-refractivity contribution in [3.05, 3.63) is 0 Å². The molecular weight excluding hydrogens is 278 g/mol. The molecule has 1 saturated heterocycles. The Hall–Kier alpha value is -0.370. The summed E-state index contributed by atoms with van der Waals surface area (Å²) in [6.07, 6.45) is 0. The average molecular weight is 300 g/mol. The highest BCUT2D eigenvalue weighted by atomic mass is 35.5. The van der Waals surface area contributed by atoms with Gasteiger partial charge in [0, 0.05) is 32.7 Å². The molecule has 1 amide bonds. The molecule has 1 aliphatic rings. The summed E-state index contributed by atoms with van der Waals surface area (Å²) in [5.41, 5.74) is 0. The van der Waals surface area contributed by atoms with E-state index in [0.29, 0.717) is 6.54 Å². The zero-order chi connectivity index (χ0) is 13.1. The van der Waals surface area contributed by atoms with E-state index in [-0.39, 0.29) is 36.7 Å². The molecule has 1 unspecified atom stereocenters. The molecule has 108 valence electrons. The van der Waals surface area contributed by atoms with Gasteiger partial charge in [-0.2, -0.15) is 4.31 Å². The first-order valence-corrected chi connectivity index (χ1v) is 7.43. The molecule has 0 spiro atoms. The van der Waals surface area contributed by atoms with Crippen molar-refractivity contribution in [1.29, 1.82) is 0 Å². The maximum atomic E-state index is 12.0. The summed E-state index contributed by atoms with van der Waals surface area (Å²) in [5, 5.41) is 3.19. The fourth-order valence-corrected chi connectivity index (χ4v) is 2.56. The van der Waals surface area contributed by atoms with Crippen molar-refractivity contribution in [2.24, 2.45) is 0 Å². The van der Waals surface area contributed by atoms with Crippen LogP contribution in [0.15, 0.2) is 0 Å². The second kappa shape index (κ2) is 7.28. The average Bonchev–Trinajstić information content (AvgIpc) is 2.29. The molecule has 1 aliphatic heterocycles. The summed E-state index contributed by atoms with van der Waals surface area (Å²) in [5.74, 6) is -0.105. The minimum Gasteiger partial charge on any atom is -0.336 e. The number of carbonyl (C=O) groups is 1. The molecule has 0 aromatic rings. The molecule has 1 atom stereocenters. The van der Waals surface area contributed by atoms with E-state index in [2.05, 4.69) is 5.32 Å². The summed E-state index contributed by atoms with van der Waals surface area (Å²) in [4.78, 5) is 13.7. The zero-order valence-electron chi connectivity index (χ0n) is 11.0. The van der Waals surface area contributed by atoms with Gasteiger partial charge >= 0.3 is 0 Å². The van der Waals surface area contributed by atoms with Gasteiger partial charge in [0.2, 0.25) is 15.9 Å². The van der Waals surface area contributed by atoms with Gasteiger partial charge in [0.25, 0.3) is 0 Å². The third-order valence-electron chi connectivity index (χ3n) is 3.02. The molecule has 0 saturated carbocycles. The van der Waals surface area contributed by atoms with E-state index in [1.54, 1.807) is 11.8 Å². The first kappa shape index (κ1) is 17.6. The summed E-state index contributed by atoms with van der Waals surface area (Å²) in [6.45, 7) is 5.62. The third-order valence-corrected chi connectivity index (χ3v) is 4.83. The van der Waals surface area contributed by atoms with Gasteiger partial charge in [-0.05, 0) is 13.8 Å². The number of nitrogens with one attached hydrogen (secondary N) is 1. The van der Waals surface area contributed by atoms with Crippen molar-refractivity contribution in [2.75, 3.05) is 39.0 Å². The van der Waals surface area contributed by atoms with Crippen LogP contribution in [-0.2, 0) is 14.8 Å². The smallest absolute Gasteiger partial charge is 0.238 e. The van der Waals surface area contributed by atoms with Crippen molar-refractivity contribution in [1.82, 2.24) is 14.5 Å². The van der Waals surface area contributed by atoms with E-state index in [9.17, 15) is 13.2 Å². The van der Waals surface area contributed by atoms with Crippen LogP contribution in [0.3, 0.4) is 0 Å². The minimum atomic E-state index is -3.28. The normalized spacial score (nSPS) is 20.7. The Morgan fingerprint density at radius 3 is 2.61 bits per heavy atom. The topological polar surface area (TPSA) is 69.7 Å². The maximum Gasteiger partial charge on any atom is 0.238 e. The number of halogens is 1.